The van der Waals surface area contributed by atoms with Crippen LogP contribution in [0.5, 0.6) is 11.5 Å². The topological polar surface area (TPSA) is 72.0 Å². The van der Waals surface area contributed by atoms with Crippen molar-refractivity contribution in [1.29, 1.82) is 0 Å². The lowest BCUT2D eigenvalue weighted by molar-refractivity contribution is 0.171. The molecule has 0 saturated heterocycles. The molecule has 2 amide bonds. The molecule has 22 heavy (non-hydrogen) atoms. The molecule has 0 bridgehead atoms. The third kappa shape index (κ3) is 3.50. The number of amides is 2. The van der Waals surface area contributed by atoms with Crippen molar-refractivity contribution in [1.82, 2.24) is 10.7 Å². The van der Waals surface area contributed by atoms with Crippen LogP contribution >= 0.6 is 0 Å². The number of carbonyl (C=O) groups excluding carboxylic acids is 1. The normalized spacial score (nSPS) is 18.1. The third-order valence-corrected chi connectivity index (χ3v) is 3.98. The minimum Gasteiger partial charge on any atom is -0.486 e. The molecular formula is C16H21N3O3. The smallest absolute Gasteiger partial charge is 0.335 e. The Morgan fingerprint density at radius 1 is 1.18 bits per heavy atom. The highest BCUT2D eigenvalue weighted by Crippen LogP contribution is 2.30. The highest BCUT2D eigenvalue weighted by molar-refractivity contribution is 5.99. The fourth-order valence-corrected chi connectivity index (χ4v) is 2.76. The molecule has 3 rings (SSSR count). The molecule has 1 aromatic rings. The molecule has 0 unspecified atom stereocenters. The quantitative estimate of drug-likeness (QED) is 0.665. The van der Waals surface area contributed by atoms with Crippen LogP contribution in [0.1, 0.15) is 38.2 Å². The predicted molar refractivity (Wildman–Crippen MR) is 83.6 cm³/mol. The van der Waals surface area contributed by atoms with Gasteiger partial charge in [-0.1, -0.05) is 12.8 Å². The van der Waals surface area contributed by atoms with Crippen LogP contribution in [0.2, 0.25) is 0 Å². The van der Waals surface area contributed by atoms with Crippen molar-refractivity contribution in [3.8, 4) is 11.5 Å². The van der Waals surface area contributed by atoms with Crippen LogP contribution in [0.25, 0.3) is 0 Å². The Bertz CT molecular complexity index is 580. The summed E-state index contributed by atoms with van der Waals surface area (Å²) in [6, 6.07) is 5.68. The molecule has 1 saturated carbocycles. The van der Waals surface area contributed by atoms with E-state index in [4.69, 9.17) is 9.47 Å². The number of hydrogen-bond acceptors (Lipinski definition) is 4. The summed E-state index contributed by atoms with van der Waals surface area (Å²) in [5.74, 6) is 1.46. The van der Waals surface area contributed by atoms with Gasteiger partial charge in [0.1, 0.15) is 13.2 Å². The zero-order chi connectivity index (χ0) is 15.4. The first-order valence-corrected chi connectivity index (χ1v) is 7.73. The number of rotatable bonds is 3. The van der Waals surface area contributed by atoms with Crippen molar-refractivity contribution in [2.75, 3.05) is 13.2 Å². The second kappa shape index (κ2) is 6.68. The van der Waals surface area contributed by atoms with Crippen LogP contribution in [0.4, 0.5) is 4.79 Å². The lowest BCUT2D eigenvalue weighted by Gasteiger charge is -2.18. The van der Waals surface area contributed by atoms with E-state index in [1.807, 2.05) is 25.1 Å². The molecule has 2 N–H and O–H groups in total. The molecule has 6 heteroatoms. The zero-order valence-electron chi connectivity index (χ0n) is 12.7. The zero-order valence-corrected chi connectivity index (χ0v) is 12.7. The number of hydrazone groups is 1. The van der Waals surface area contributed by atoms with Gasteiger partial charge in [-0.3, -0.25) is 0 Å². The average molecular weight is 303 g/mol. The standard InChI is InChI=1S/C16H21N3O3/c1-11(18-19-16(20)17-13-4-2-3-5-13)12-6-7-14-15(10-12)22-9-8-21-14/h6-7,10,13H,2-5,8-9H2,1H3,(H2,17,19,20)/b18-11+. The van der Waals surface area contributed by atoms with Gasteiger partial charge in [-0.15, -0.1) is 0 Å². The van der Waals surface area contributed by atoms with Crippen molar-refractivity contribution < 1.29 is 14.3 Å². The molecule has 1 aliphatic carbocycles. The van der Waals surface area contributed by atoms with Crippen LogP contribution in [0.3, 0.4) is 0 Å². The summed E-state index contributed by atoms with van der Waals surface area (Å²) >= 11 is 0. The minimum atomic E-state index is -0.246. The van der Waals surface area contributed by atoms with Gasteiger partial charge in [0.25, 0.3) is 0 Å². The summed E-state index contributed by atoms with van der Waals surface area (Å²) in [6.45, 7) is 2.97. The molecule has 1 fully saturated rings. The first-order valence-electron chi connectivity index (χ1n) is 7.73. The van der Waals surface area contributed by atoms with Gasteiger partial charge in [-0.25, -0.2) is 10.2 Å². The summed E-state index contributed by atoms with van der Waals surface area (Å²) in [4.78, 5) is 11.8. The fraction of sp³-hybridized carbons (Fsp3) is 0.500. The first-order chi connectivity index (χ1) is 10.7. The van der Waals surface area contributed by atoms with Crippen molar-refractivity contribution in [2.24, 2.45) is 5.10 Å². The number of nitrogens with one attached hydrogen (secondary N) is 2. The van der Waals surface area contributed by atoms with E-state index < -0.39 is 0 Å². The Balaban J connectivity index is 1.60. The van der Waals surface area contributed by atoms with Gasteiger partial charge in [0.15, 0.2) is 11.5 Å². The largest absolute Gasteiger partial charge is 0.486 e. The molecule has 0 atom stereocenters. The van der Waals surface area contributed by atoms with E-state index in [0.29, 0.717) is 19.0 Å². The summed E-state index contributed by atoms with van der Waals surface area (Å²) in [6.07, 6.45) is 4.48. The molecule has 6 nitrogen and oxygen atoms in total. The number of ether oxygens (including phenoxy) is 2. The minimum absolute atomic E-state index is 0.246. The SMILES string of the molecule is C/C(=N\NC(=O)NC1CCCC1)c1ccc2c(c1)OCCO2. The molecule has 0 radical (unpaired) electrons. The van der Waals surface area contributed by atoms with Crippen LogP contribution in [-0.4, -0.2) is 31.0 Å². The Hall–Kier alpha value is -2.24. The van der Waals surface area contributed by atoms with E-state index in [1.54, 1.807) is 0 Å². The maximum Gasteiger partial charge on any atom is 0.335 e. The maximum absolute atomic E-state index is 11.8. The monoisotopic (exact) mass is 303 g/mol. The average Bonchev–Trinajstić information content (AvgIpc) is 3.05. The van der Waals surface area contributed by atoms with E-state index in [-0.39, 0.29) is 12.1 Å². The molecule has 0 spiro atoms. The van der Waals surface area contributed by atoms with Crippen molar-refractivity contribution >= 4 is 11.7 Å². The molecule has 1 heterocycles. The predicted octanol–water partition coefficient (Wildman–Crippen LogP) is 2.42. The van der Waals surface area contributed by atoms with Gasteiger partial charge < -0.3 is 14.8 Å². The fourth-order valence-electron chi connectivity index (χ4n) is 2.76. The van der Waals surface area contributed by atoms with Gasteiger partial charge in [-0.05, 0) is 38.0 Å². The Morgan fingerprint density at radius 2 is 1.91 bits per heavy atom. The molecule has 1 aromatic carbocycles. The summed E-state index contributed by atoms with van der Waals surface area (Å²) in [5.41, 5.74) is 4.17. The van der Waals surface area contributed by atoms with Crippen LogP contribution in [0.15, 0.2) is 23.3 Å². The Kier molecular flexibility index (Phi) is 4.46. The number of carbonyl (C=O) groups is 1. The van der Waals surface area contributed by atoms with Crippen molar-refractivity contribution in [2.45, 2.75) is 38.6 Å². The van der Waals surface area contributed by atoms with Gasteiger partial charge in [0.2, 0.25) is 0 Å². The Labute approximate surface area is 129 Å². The highest BCUT2D eigenvalue weighted by Gasteiger charge is 2.17. The number of nitrogens with zero attached hydrogens (tertiary/aromatic N) is 1. The highest BCUT2D eigenvalue weighted by atomic mass is 16.6. The van der Waals surface area contributed by atoms with E-state index in [2.05, 4.69) is 15.8 Å². The lowest BCUT2D eigenvalue weighted by atomic mass is 10.1. The van der Waals surface area contributed by atoms with Crippen LogP contribution < -0.4 is 20.2 Å². The number of fused-ring (bicyclic) bond motifs is 1. The maximum atomic E-state index is 11.8. The lowest BCUT2D eigenvalue weighted by Crippen LogP contribution is -2.39. The molecular weight excluding hydrogens is 282 g/mol. The molecule has 2 aliphatic rings. The number of benzene rings is 1. The van der Waals surface area contributed by atoms with Crippen molar-refractivity contribution in [3.63, 3.8) is 0 Å². The summed E-state index contributed by atoms with van der Waals surface area (Å²) < 4.78 is 11.0. The summed E-state index contributed by atoms with van der Waals surface area (Å²) in [5, 5.41) is 7.08. The third-order valence-electron chi connectivity index (χ3n) is 3.98. The van der Waals surface area contributed by atoms with Gasteiger partial charge in [-0.2, -0.15) is 5.10 Å². The van der Waals surface area contributed by atoms with E-state index >= 15 is 0 Å². The second-order valence-electron chi connectivity index (χ2n) is 5.62. The molecule has 1 aliphatic heterocycles. The Morgan fingerprint density at radius 3 is 2.68 bits per heavy atom. The van der Waals surface area contributed by atoms with Crippen molar-refractivity contribution in [3.05, 3.63) is 23.8 Å². The van der Waals surface area contributed by atoms with E-state index in [9.17, 15) is 4.79 Å². The second-order valence-corrected chi connectivity index (χ2v) is 5.62. The molecule has 0 aromatic heterocycles. The molecule has 118 valence electrons. The van der Waals surface area contributed by atoms with Gasteiger partial charge in [0.05, 0.1) is 5.71 Å². The summed E-state index contributed by atoms with van der Waals surface area (Å²) in [7, 11) is 0. The van der Waals surface area contributed by atoms with Gasteiger partial charge >= 0.3 is 6.03 Å². The van der Waals surface area contributed by atoms with E-state index in [1.165, 1.54) is 12.8 Å². The van der Waals surface area contributed by atoms with Gasteiger partial charge in [0, 0.05) is 11.6 Å². The number of urea groups is 1. The van der Waals surface area contributed by atoms with E-state index in [0.717, 1.165) is 29.9 Å². The first kappa shape index (κ1) is 14.7. The number of hydrogen-bond donors (Lipinski definition) is 2. The van der Waals surface area contributed by atoms with Crippen LogP contribution in [0, 0.1) is 0 Å². The van der Waals surface area contributed by atoms with Crippen LogP contribution in [-0.2, 0) is 0 Å².